The maximum absolute atomic E-state index is 11.6. The molecule has 1 fully saturated rings. The van der Waals surface area contributed by atoms with Gasteiger partial charge in [-0.05, 0) is 63.2 Å². The monoisotopic (exact) mass is 353 g/mol. The van der Waals surface area contributed by atoms with Crippen molar-refractivity contribution in [1.29, 1.82) is 0 Å². The van der Waals surface area contributed by atoms with Gasteiger partial charge in [-0.3, -0.25) is 0 Å². The lowest BCUT2D eigenvalue weighted by Crippen LogP contribution is -2.40. The molecule has 1 aliphatic rings. The van der Waals surface area contributed by atoms with Crippen LogP contribution in [0.1, 0.15) is 52.9 Å². The van der Waals surface area contributed by atoms with E-state index in [2.05, 4.69) is 27.9 Å². The Morgan fingerprint density at radius 1 is 1.29 bits per heavy atom. The molecule has 0 atom stereocenters. The summed E-state index contributed by atoms with van der Waals surface area (Å²) in [6.07, 6.45) is 5.73. The zero-order valence-corrected chi connectivity index (χ0v) is 13.2. The Hall–Kier alpha value is 0. The van der Waals surface area contributed by atoms with E-state index in [0.29, 0.717) is 6.04 Å². The van der Waals surface area contributed by atoms with Gasteiger partial charge in [0.1, 0.15) is 5.60 Å². The van der Waals surface area contributed by atoms with Crippen LogP contribution in [0, 0.1) is 5.92 Å². The molecule has 0 heterocycles. The minimum absolute atomic E-state index is 0.269. The van der Waals surface area contributed by atoms with Gasteiger partial charge in [0.05, 0.1) is 0 Å². The quantitative estimate of drug-likeness (QED) is 0.617. The van der Waals surface area contributed by atoms with E-state index in [0.717, 1.165) is 18.8 Å². The SMILES string of the molecule is CC(C)(C)OC(=O)NC1CCC(CCI)CC1. The topological polar surface area (TPSA) is 38.3 Å². The van der Waals surface area contributed by atoms with Gasteiger partial charge in [0.2, 0.25) is 0 Å². The highest BCUT2D eigenvalue weighted by Crippen LogP contribution is 2.27. The van der Waals surface area contributed by atoms with Crippen molar-refractivity contribution in [1.82, 2.24) is 5.32 Å². The molecule has 3 nitrogen and oxygen atoms in total. The Balaban J connectivity index is 2.24. The van der Waals surface area contributed by atoms with Crippen molar-refractivity contribution >= 4 is 28.7 Å². The smallest absolute Gasteiger partial charge is 0.407 e. The van der Waals surface area contributed by atoms with E-state index in [4.69, 9.17) is 4.74 Å². The number of amides is 1. The Morgan fingerprint density at radius 2 is 1.88 bits per heavy atom. The Bertz CT molecular complexity index is 242. The first-order valence-corrected chi connectivity index (χ1v) is 7.99. The number of alkyl carbamates (subject to hydrolysis) is 1. The average Bonchev–Trinajstić information content (AvgIpc) is 2.18. The molecule has 1 saturated carbocycles. The van der Waals surface area contributed by atoms with E-state index >= 15 is 0 Å². The molecule has 0 aromatic carbocycles. The highest BCUT2D eigenvalue weighted by atomic mass is 127. The molecule has 0 bridgehead atoms. The van der Waals surface area contributed by atoms with Crippen molar-refractivity contribution in [2.75, 3.05) is 4.43 Å². The van der Waals surface area contributed by atoms with Crippen LogP contribution in [-0.2, 0) is 4.74 Å². The molecule has 1 aliphatic carbocycles. The molecule has 0 spiro atoms. The number of carbonyl (C=O) groups excluding carboxylic acids is 1. The molecule has 0 saturated heterocycles. The van der Waals surface area contributed by atoms with Gasteiger partial charge in [0.15, 0.2) is 0 Å². The van der Waals surface area contributed by atoms with Gasteiger partial charge in [-0.1, -0.05) is 22.6 Å². The predicted octanol–water partition coefficient (Wildman–Crippen LogP) is 3.90. The van der Waals surface area contributed by atoms with Crippen molar-refractivity contribution < 1.29 is 9.53 Å². The fourth-order valence-corrected chi connectivity index (χ4v) is 3.10. The number of carbonyl (C=O) groups is 1. The molecule has 0 aromatic rings. The zero-order chi connectivity index (χ0) is 12.9. The van der Waals surface area contributed by atoms with Crippen LogP contribution in [-0.4, -0.2) is 22.2 Å². The lowest BCUT2D eigenvalue weighted by Gasteiger charge is -2.29. The van der Waals surface area contributed by atoms with E-state index < -0.39 is 5.60 Å². The van der Waals surface area contributed by atoms with Crippen LogP contribution in [0.3, 0.4) is 0 Å². The highest BCUT2D eigenvalue weighted by molar-refractivity contribution is 14.1. The van der Waals surface area contributed by atoms with E-state index in [9.17, 15) is 4.79 Å². The molecular formula is C13H24INO2. The minimum Gasteiger partial charge on any atom is -0.444 e. The third-order valence-electron chi connectivity index (χ3n) is 3.08. The Kier molecular flexibility index (Phi) is 6.03. The summed E-state index contributed by atoms with van der Waals surface area (Å²) < 4.78 is 6.51. The van der Waals surface area contributed by atoms with E-state index in [-0.39, 0.29) is 6.09 Å². The van der Waals surface area contributed by atoms with Crippen molar-refractivity contribution in [2.24, 2.45) is 5.92 Å². The van der Waals surface area contributed by atoms with Crippen molar-refractivity contribution in [3.8, 4) is 0 Å². The Morgan fingerprint density at radius 3 is 2.35 bits per heavy atom. The number of halogens is 1. The summed E-state index contributed by atoms with van der Waals surface area (Å²) in [7, 11) is 0. The number of alkyl halides is 1. The van der Waals surface area contributed by atoms with E-state index in [1.54, 1.807) is 0 Å². The van der Waals surface area contributed by atoms with Crippen LogP contribution >= 0.6 is 22.6 Å². The van der Waals surface area contributed by atoms with Crippen LogP contribution in [0.5, 0.6) is 0 Å². The Labute approximate surface area is 118 Å². The summed E-state index contributed by atoms with van der Waals surface area (Å²) in [5.41, 5.74) is -0.400. The first-order chi connectivity index (χ1) is 7.90. The lowest BCUT2D eigenvalue weighted by atomic mass is 9.85. The molecule has 0 aromatic heterocycles. The van der Waals surface area contributed by atoms with Crippen LogP contribution in [0.25, 0.3) is 0 Å². The van der Waals surface area contributed by atoms with Crippen LogP contribution < -0.4 is 5.32 Å². The summed E-state index contributed by atoms with van der Waals surface area (Å²) in [5.74, 6) is 0.864. The zero-order valence-electron chi connectivity index (χ0n) is 11.1. The molecule has 0 unspecified atom stereocenters. The molecule has 0 aliphatic heterocycles. The third kappa shape index (κ3) is 6.48. The maximum Gasteiger partial charge on any atom is 0.407 e. The van der Waals surface area contributed by atoms with Crippen molar-refractivity contribution in [3.05, 3.63) is 0 Å². The molecule has 17 heavy (non-hydrogen) atoms. The second kappa shape index (κ2) is 6.81. The second-order valence-electron chi connectivity index (χ2n) is 5.84. The molecule has 4 heteroatoms. The predicted molar refractivity (Wildman–Crippen MR) is 78.6 cm³/mol. The molecule has 1 N–H and O–H groups in total. The number of hydrogen-bond acceptors (Lipinski definition) is 2. The maximum atomic E-state index is 11.6. The van der Waals surface area contributed by atoms with Crippen LogP contribution in [0.2, 0.25) is 0 Å². The summed E-state index contributed by atoms with van der Waals surface area (Å²) in [4.78, 5) is 11.6. The fraction of sp³-hybridized carbons (Fsp3) is 0.923. The van der Waals surface area contributed by atoms with Crippen LogP contribution in [0.4, 0.5) is 4.79 Å². The molecule has 1 rings (SSSR count). The minimum atomic E-state index is -0.400. The number of ether oxygens (including phenoxy) is 1. The van der Waals surface area contributed by atoms with Gasteiger partial charge in [0.25, 0.3) is 0 Å². The van der Waals surface area contributed by atoms with E-state index in [1.165, 1.54) is 23.7 Å². The fourth-order valence-electron chi connectivity index (χ4n) is 2.22. The molecule has 0 radical (unpaired) electrons. The number of nitrogens with one attached hydrogen (secondary N) is 1. The van der Waals surface area contributed by atoms with Gasteiger partial charge >= 0.3 is 6.09 Å². The van der Waals surface area contributed by atoms with Crippen LogP contribution in [0.15, 0.2) is 0 Å². The normalized spacial score (nSPS) is 25.4. The number of hydrogen-bond donors (Lipinski definition) is 1. The van der Waals surface area contributed by atoms with Crippen molar-refractivity contribution in [3.63, 3.8) is 0 Å². The standard InChI is InChI=1S/C13H24INO2/c1-13(2,3)17-12(16)15-11-6-4-10(5-7-11)8-9-14/h10-11H,4-9H2,1-3H3,(H,15,16). The van der Waals surface area contributed by atoms with E-state index in [1.807, 2.05) is 20.8 Å². The summed E-state index contributed by atoms with van der Waals surface area (Å²) in [5, 5.41) is 2.98. The third-order valence-corrected chi connectivity index (χ3v) is 3.71. The van der Waals surface area contributed by atoms with Gasteiger partial charge in [-0.2, -0.15) is 0 Å². The van der Waals surface area contributed by atoms with Gasteiger partial charge in [-0.15, -0.1) is 0 Å². The summed E-state index contributed by atoms with van der Waals surface area (Å²) in [6, 6.07) is 0.315. The van der Waals surface area contributed by atoms with Gasteiger partial charge in [0, 0.05) is 6.04 Å². The van der Waals surface area contributed by atoms with Crippen molar-refractivity contribution in [2.45, 2.75) is 64.5 Å². The molecular weight excluding hydrogens is 329 g/mol. The molecule has 100 valence electrons. The molecule has 1 amide bonds. The second-order valence-corrected chi connectivity index (χ2v) is 6.92. The first kappa shape index (κ1) is 15.1. The summed E-state index contributed by atoms with van der Waals surface area (Å²) in [6.45, 7) is 5.68. The lowest BCUT2D eigenvalue weighted by molar-refractivity contribution is 0.0487. The number of rotatable bonds is 3. The average molecular weight is 353 g/mol. The van der Waals surface area contributed by atoms with Gasteiger partial charge < -0.3 is 10.1 Å². The summed E-state index contributed by atoms with van der Waals surface area (Å²) >= 11 is 2.44. The first-order valence-electron chi connectivity index (χ1n) is 6.46. The van der Waals surface area contributed by atoms with Gasteiger partial charge in [-0.25, -0.2) is 4.79 Å². The largest absolute Gasteiger partial charge is 0.444 e. The highest BCUT2D eigenvalue weighted by Gasteiger charge is 2.24.